The zero-order valence-electron chi connectivity index (χ0n) is 15.9. The Bertz CT molecular complexity index is 701. The molecule has 0 spiro atoms. The third kappa shape index (κ3) is 7.18. The SMILES string of the molecule is CN(C)CCc1c[nH]c2cccc(OC(=O)OCCOCCOCCO)c12. The average Bonchev–Trinajstić information content (AvgIpc) is 3.06. The molecule has 150 valence electrons. The predicted molar refractivity (Wildman–Crippen MR) is 101 cm³/mol. The number of fused-ring (bicyclic) bond motifs is 1. The summed E-state index contributed by atoms with van der Waals surface area (Å²) in [5, 5.41) is 9.47. The normalized spacial score (nSPS) is 11.3. The summed E-state index contributed by atoms with van der Waals surface area (Å²) in [6, 6.07) is 5.53. The molecule has 8 heteroatoms. The first-order chi connectivity index (χ1) is 13.1. The molecule has 0 aliphatic carbocycles. The van der Waals surface area contributed by atoms with Crippen LogP contribution in [0.3, 0.4) is 0 Å². The summed E-state index contributed by atoms with van der Waals surface area (Å²) < 4.78 is 20.8. The molecule has 0 aliphatic heterocycles. The molecule has 0 aliphatic rings. The van der Waals surface area contributed by atoms with Gasteiger partial charge in [-0.3, -0.25) is 0 Å². The number of nitrogens with one attached hydrogen (secondary N) is 1. The number of hydrogen-bond donors (Lipinski definition) is 2. The van der Waals surface area contributed by atoms with Crippen LogP contribution in [0.15, 0.2) is 24.4 Å². The molecule has 0 saturated heterocycles. The maximum Gasteiger partial charge on any atom is 0.513 e. The van der Waals surface area contributed by atoms with E-state index in [0.717, 1.165) is 29.4 Å². The fraction of sp³-hybridized carbons (Fsp3) is 0.526. The van der Waals surface area contributed by atoms with E-state index >= 15 is 0 Å². The Hall–Kier alpha value is -2.13. The number of aromatic nitrogens is 1. The average molecular weight is 380 g/mol. The molecule has 1 aromatic heterocycles. The lowest BCUT2D eigenvalue weighted by Gasteiger charge is -2.10. The second kappa shape index (κ2) is 11.6. The van der Waals surface area contributed by atoms with Crippen molar-refractivity contribution in [1.29, 1.82) is 0 Å². The van der Waals surface area contributed by atoms with Crippen LogP contribution < -0.4 is 4.74 Å². The van der Waals surface area contributed by atoms with Crippen molar-refractivity contribution < 1.29 is 28.8 Å². The number of H-pyrrole nitrogens is 1. The van der Waals surface area contributed by atoms with E-state index in [9.17, 15) is 4.79 Å². The standard InChI is InChI=1S/C19H28N2O6/c1-21(2)7-6-15-14-20-16-4-3-5-17(18(15)16)27-19(23)26-13-12-25-11-10-24-9-8-22/h3-5,14,20,22H,6-13H2,1-2H3. The Labute approximate surface area is 159 Å². The molecule has 0 radical (unpaired) electrons. The number of benzene rings is 1. The smallest absolute Gasteiger partial charge is 0.432 e. The summed E-state index contributed by atoms with van der Waals surface area (Å²) in [4.78, 5) is 17.3. The minimum absolute atomic E-state index is 0.0142. The molecule has 27 heavy (non-hydrogen) atoms. The van der Waals surface area contributed by atoms with Crippen molar-refractivity contribution in [3.8, 4) is 5.75 Å². The molecule has 8 nitrogen and oxygen atoms in total. The van der Waals surface area contributed by atoms with Crippen molar-refractivity contribution >= 4 is 17.1 Å². The third-order valence-electron chi connectivity index (χ3n) is 3.83. The predicted octanol–water partition coefficient (Wildman–Crippen LogP) is 1.81. The van der Waals surface area contributed by atoms with Gasteiger partial charge in [0, 0.05) is 23.6 Å². The van der Waals surface area contributed by atoms with E-state index in [-0.39, 0.29) is 26.4 Å². The summed E-state index contributed by atoms with van der Waals surface area (Å²) in [7, 11) is 4.04. The van der Waals surface area contributed by atoms with Gasteiger partial charge in [-0.25, -0.2) is 4.79 Å². The second-order valence-electron chi connectivity index (χ2n) is 6.19. The van der Waals surface area contributed by atoms with E-state index in [1.165, 1.54) is 0 Å². The first-order valence-electron chi connectivity index (χ1n) is 8.96. The first kappa shape index (κ1) is 21.2. The topological polar surface area (TPSA) is 93.3 Å². The summed E-state index contributed by atoms with van der Waals surface area (Å²) in [6.45, 7) is 2.26. The van der Waals surface area contributed by atoms with Crippen molar-refractivity contribution in [1.82, 2.24) is 9.88 Å². The highest BCUT2D eigenvalue weighted by atomic mass is 16.7. The van der Waals surface area contributed by atoms with Gasteiger partial charge in [-0.05, 0) is 38.2 Å². The zero-order valence-corrected chi connectivity index (χ0v) is 15.9. The molecule has 0 atom stereocenters. The minimum atomic E-state index is -0.762. The molecule has 0 saturated carbocycles. The van der Waals surface area contributed by atoms with E-state index < -0.39 is 6.16 Å². The van der Waals surface area contributed by atoms with Gasteiger partial charge in [0.15, 0.2) is 0 Å². The summed E-state index contributed by atoms with van der Waals surface area (Å²) in [5.74, 6) is 0.478. The van der Waals surface area contributed by atoms with Gasteiger partial charge < -0.3 is 33.9 Å². The maximum absolute atomic E-state index is 12.0. The summed E-state index contributed by atoms with van der Waals surface area (Å²) >= 11 is 0. The molecule has 2 rings (SSSR count). The van der Waals surface area contributed by atoms with E-state index in [4.69, 9.17) is 24.1 Å². The van der Waals surface area contributed by atoms with Crippen molar-refractivity contribution in [3.63, 3.8) is 0 Å². The van der Waals surface area contributed by atoms with Crippen LogP contribution in [-0.2, 0) is 20.6 Å². The highest BCUT2D eigenvalue weighted by Crippen LogP contribution is 2.29. The van der Waals surface area contributed by atoms with Gasteiger partial charge in [-0.15, -0.1) is 0 Å². The van der Waals surface area contributed by atoms with E-state index in [1.807, 2.05) is 32.4 Å². The lowest BCUT2D eigenvalue weighted by Crippen LogP contribution is -2.16. The van der Waals surface area contributed by atoms with Gasteiger partial charge in [0.1, 0.15) is 12.4 Å². The van der Waals surface area contributed by atoms with Crippen LogP contribution in [0.5, 0.6) is 5.75 Å². The zero-order chi connectivity index (χ0) is 19.5. The van der Waals surface area contributed by atoms with Gasteiger partial charge in [0.05, 0.1) is 33.0 Å². The van der Waals surface area contributed by atoms with E-state index in [2.05, 4.69) is 9.88 Å². The molecule has 2 aromatic rings. The number of aliphatic hydroxyl groups excluding tert-OH is 1. The third-order valence-corrected chi connectivity index (χ3v) is 3.83. The Kier molecular flexibility index (Phi) is 9.06. The monoisotopic (exact) mass is 380 g/mol. The van der Waals surface area contributed by atoms with Crippen molar-refractivity contribution in [2.45, 2.75) is 6.42 Å². The summed E-state index contributed by atoms with van der Waals surface area (Å²) in [5.41, 5.74) is 2.01. The lowest BCUT2D eigenvalue weighted by molar-refractivity contribution is 0.0132. The van der Waals surface area contributed by atoms with Crippen molar-refractivity contribution in [2.75, 3.05) is 60.3 Å². The van der Waals surface area contributed by atoms with Crippen molar-refractivity contribution in [2.24, 2.45) is 0 Å². The van der Waals surface area contributed by atoms with Gasteiger partial charge in [-0.1, -0.05) is 6.07 Å². The van der Waals surface area contributed by atoms with Gasteiger partial charge in [-0.2, -0.15) is 0 Å². The fourth-order valence-electron chi connectivity index (χ4n) is 2.54. The Balaban J connectivity index is 1.81. The van der Waals surface area contributed by atoms with Gasteiger partial charge in [0.2, 0.25) is 0 Å². The first-order valence-corrected chi connectivity index (χ1v) is 8.96. The molecule has 0 bridgehead atoms. The van der Waals surface area contributed by atoms with Crippen LogP contribution >= 0.6 is 0 Å². The molecular weight excluding hydrogens is 352 g/mol. The lowest BCUT2D eigenvalue weighted by atomic mass is 10.1. The number of aromatic amines is 1. The number of likely N-dealkylation sites (N-methyl/N-ethyl adjacent to an activating group) is 1. The number of carbonyl (C=O) groups excluding carboxylic acids is 1. The molecule has 0 fully saturated rings. The molecule has 1 heterocycles. The van der Waals surface area contributed by atoms with Gasteiger partial charge in [0.25, 0.3) is 0 Å². The Morgan fingerprint density at radius 3 is 2.59 bits per heavy atom. The van der Waals surface area contributed by atoms with Crippen LogP contribution in [0.1, 0.15) is 5.56 Å². The molecule has 0 amide bonds. The number of carbonyl (C=O) groups is 1. The Morgan fingerprint density at radius 1 is 1.11 bits per heavy atom. The van der Waals surface area contributed by atoms with Crippen LogP contribution in [0.25, 0.3) is 10.9 Å². The largest absolute Gasteiger partial charge is 0.513 e. The highest BCUT2D eigenvalue weighted by Gasteiger charge is 2.14. The van der Waals surface area contributed by atoms with Crippen molar-refractivity contribution in [3.05, 3.63) is 30.0 Å². The maximum atomic E-state index is 12.0. The van der Waals surface area contributed by atoms with Crippen LogP contribution in [-0.4, -0.2) is 81.4 Å². The van der Waals surface area contributed by atoms with Gasteiger partial charge >= 0.3 is 6.16 Å². The van der Waals surface area contributed by atoms with Crippen LogP contribution in [0, 0.1) is 0 Å². The quantitative estimate of drug-likeness (QED) is 0.329. The van der Waals surface area contributed by atoms with E-state index in [1.54, 1.807) is 6.07 Å². The van der Waals surface area contributed by atoms with E-state index in [0.29, 0.717) is 19.0 Å². The molecule has 2 N–H and O–H groups in total. The number of nitrogens with zero attached hydrogens (tertiary/aromatic N) is 1. The Morgan fingerprint density at radius 2 is 1.85 bits per heavy atom. The number of rotatable bonds is 12. The molecule has 1 aromatic carbocycles. The second-order valence-corrected chi connectivity index (χ2v) is 6.19. The minimum Gasteiger partial charge on any atom is -0.432 e. The number of hydrogen-bond acceptors (Lipinski definition) is 7. The molecular formula is C19H28N2O6. The fourth-order valence-corrected chi connectivity index (χ4v) is 2.54. The molecule has 0 unspecified atom stereocenters. The highest BCUT2D eigenvalue weighted by molar-refractivity contribution is 5.90. The number of ether oxygens (including phenoxy) is 4. The van der Waals surface area contributed by atoms with Crippen LogP contribution in [0.4, 0.5) is 4.79 Å². The number of aliphatic hydroxyl groups is 1. The van der Waals surface area contributed by atoms with Crippen LogP contribution in [0.2, 0.25) is 0 Å². The summed E-state index contributed by atoms with van der Waals surface area (Å²) in [6.07, 6.45) is 2.02.